The molecule has 0 aliphatic carbocycles. The molecule has 0 spiro atoms. The van der Waals surface area contributed by atoms with Gasteiger partial charge >= 0.3 is 0 Å². The van der Waals surface area contributed by atoms with E-state index in [-0.39, 0.29) is 5.82 Å². The summed E-state index contributed by atoms with van der Waals surface area (Å²) in [4.78, 5) is 2.40. The largest absolute Gasteiger partial charge is 0.299 e. The molecule has 2 heteroatoms. The van der Waals surface area contributed by atoms with Gasteiger partial charge in [-0.2, -0.15) is 0 Å². The minimum absolute atomic E-state index is 0.0537. The zero-order valence-electron chi connectivity index (χ0n) is 12.5. The Bertz CT molecular complexity index is 406. The smallest absolute Gasteiger partial charge is 0.127 e. The van der Waals surface area contributed by atoms with Crippen LogP contribution in [0, 0.1) is 11.7 Å². The standard InChI is InChI=1S/C17H26FN/c1-4-14-7-9-19(10-8-14)12-16-11-15(13(2)3)5-6-17(16)18/h5-6,11,13-14H,4,7-10,12H2,1-3H3. The van der Waals surface area contributed by atoms with E-state index < -0.39 is 0 Å². The van der Waals surface area contributed by atoms with Crippen LogP contribution < -0.4 is 0 Å². The van der Waals surface area contributed by atoms with E-state index in [1.54, 1.807) is 6.07 Å². The highest BCUT2D eigenvalue weighted by Crippen LogP contribution is 2.23. The molecule has 1 heterocycles. The minimum Gasteiger partial charge on any atom is -0.299 e. The third-order valence-corrected chi connectivity index (χ3v) is 4.41. The Balaban J connectivity index is 2.01. The molecule has 19 heavy (non-hydrogen) atoms. The summed E-state index contributed by atoms with van der Waals surface area (Å²) in [7, 11) is 0. The van der Waals surface area contributed by atoms with E-state index in [1.165, 1.54) is 24.8 Å². The number of likely N-dealkylation sites (tertiary alicyclic amines) is 1. The van der Waals surface area contributed by atoms with E-state index in [1.807, 2.05) is 12.1 Å². The molecule has 1 aromatic rings. The van der Waals surface area contributed by atoms with Gasteiger partial charge in [-0.25, -0.2) is 4.39 Å². The number of nitrogens with zero attached hydrogens (tertiary/aromatic N) is 1. The molecule has 0 atom stereocenters. The van der Waals surface area contributed by atoms with Crippen molar-refractivity contribution in [1.29, 1.82) is 0 Å². The number of benzene rings is 1. The van der Waals surface area contributed by atoms with Crippen LogP contribution in [-0.2, 0) is 6.54 Å². The molecule has 1 fully saturated rings. The van der Waals surface area contributed by atoms with Crippen LogP contribution in [-0.4, -0.2) is 18.0 Å². The summed E-state index contributed by atoms with van der Waals surface area (Å²) in [5.41, 5.74) is 2.10. The molecule has 1 aliphatic rings. The molecule has 1 aliphatic heterocycles. The van der Waals surface area contributed by atoms with E-state index in [9.17, 15) is 4.39 Å². The van der Waals surface area contributed by atoms with Crippen LogP contribution in [0.5, 0.6) is 0 Å². The van der Waals surface area contributed by atoms with Gasteiger partial charge in [0, 0.05) is 12.1 Å². The maximum absolute atomic E-state index is 13.9. The lowest BCUT2D eigenvalue weighted by Gasteiger charge is -2.31. The highest BCUT2D eigenvalue weighted by atomic mass is 19.1. The molecule has 1 saturated heterocycles. The van der Waals surface area contributed by atoms with Crippen molar-refractivity contribution < 1.29 is 4.39 Å². The second-order valence-electron chi connectivity index (χ2n) is 6.13. The monoisotopic (exact) mass is 263 g/mol. The van der Waals surface area contributed by atoms with Gasteiger partial charge in [-0.15, -0.1) is 0 Å². The van der Waals surface area contributed by atoms with Gasteiger partial charge in [0.1, 0.15) is 5.82 Å². The van der Waals surface area contributed by atoms with E-state index in [4.69, 9.17) is 0 Å². The highest BCUT2D eigenvalue weighted by molar-refractivity contribution is 5.27. The Kier molecular flexibility index (Phi) is 4.98. The summed E-state index contributed by atoms with van der Waals surface area (Å²) in [5, 5.41) is 0. The molecule has 2 rings (SSSR count). The van der Waals surface area contributed by atoms with Gasteiger partial charge in [0.2, 0.25) is 0 Å². The number of piperidine rings is 1. The van der Waals surface area contributed by atoms with Gasteiger partial charge in [0.05, 0.1) is 0 Å². The van der Waals surface area contributed by atoms with Gasteiger partial charge in [0.25, 0.3) is 0 Å². The van der Waals surface area contributed by atoms with Crippen molar-refractivity contribution in [2.45, 2.75) is 52.5 Å². The van der Waals surface area contributed by atoms with Gasteiger partial charge in [0.15, 0.2) is 0 Å². The molecule has 0 amide bonds. The third kappa shape index (κ3) is 3.79. The SMILES string of the molecule is CCC1CCN(Cc2cc(C(C)C)ccc2F)CC1. The lowest BCUT2D eigenvalue weighted by Crippen LogP contribution is -2.33. The zero-order chi connectivity index (χ0) is 13.8. The second-order valence-corrected chi connectivity index (χ2v) is 6.13. The molecule has 0 unspecified atom stereocenters. The van der Waals surface area contributed by atoms with Crippen molar-refractivity contribution in [1.82, 2.24) is 4.90 Å². The van der Waals surface area contributed by atoms with Crippen LogP contribution >= 0.6 is 0 Å². The molecule has 0 bridgehead atoms. The van der Waals surface area contributed by atoms with Crippen molar-refractivity contribution in [2.24, 2.45) is 5.92 Å². The lowest BCUT2D eigenvalue weighted by atomic mass is 9.94. The van der Waals surface area contributed by atoms with Crippen molar-refractivity contribution in [2.75, 3.05) is 13.1 Å². The Morgan fingerprint density at radius 1 is 1.26 bits per heavy atom. The topological polar surface area (TPSA) is 3.24 Å². The maximum atomic E-state index is 13.9. The first-order valence-corrected chi connectivity index (χ1v) is 7.60. The predicted octanol–water partition coefficient (Wildman–Crippen LogP) is 4.57. The summed E-state index contributed by atoms with van der Waals surface area (Å²) in [6.45, 7) is 9.58. The molecule has 0 N–H and O–H groups in total. The summed E-state index contributed by atoms with van der Waals surface area (Å²) in [6, 6.07) is 5.59. The first-order valence-electron chi connectivity index (χ1n) is 7.60. The van der Waals surface area contributed by atoms with Gasteiger partial charge in [-0.1, -0.05) is 39.3 Å². The summed E-state index contributed by atoms with van der Waals surface area (Å²) < 4.78 is 13.9. The number of rotatable bonds is 4. The quantitative estimate of drug-likeness (QED) is 0.769. The average molecular weight is 263 g/mol. The van der Waals surface area contributed by atoms with Crippen LogP contribution in [0.3, 0.4) is 0 Å². The Labute approximate surface area is 116 Å². The van der Waals surface area contributed by atoms with Crippen molar-refractivity contribution >= 4 is 0 Å². The molecule has 0 radical (unpaired) electrons. The molecule has 0 aromatic heterocycles. The fourth-order valence-corrected chi connectivity index (χ4v) is 2.87. The number of hydrogen-bond donors (Lipinski definition) is 0. The number of halogens is 1. The maximum Gasteiger partial charge on any atom is 0.127 e. The minimum atomic E-state index is -0.0537. The fraction of sp³-hybridized carbons (Fsp3) is 0.647. The molecule has 106 valence electrons. The Hall–Kier alpha value is -0.890. The van der Waals surface area contributed by atoms with E-state index in [0.717, 1.165) is 31.1 Å². The van der Waals surface area contributed by atoms with Crippen molar-refractivity contribution in [3.63, 3.8) is 0 Å². The van der Waals surface area contributed by atoms with Crippen LogP contribution in [0.2, 0.25) is 0 Å². The van der Waals surface area contributed by atoms with Gasteiger partial charge < -0.3 is 0 Å². The van der Waals surface area contributed by atoms with E-state index >= 15 is 0 Å². The first-order chi connectivity index (χ1) is 9.10. The first kappa shape index (κ1) is 14.5. The van der Waals surface area contributed by atoms with Gasteiger partial charge in [-0.3, -0.25) is 4.90 Å². The summed E-state index contributed by atoms with van der Waals surface area (Å²) in [5.74, 6) is 1.29. The van der Waals surface area contributed by atoms with Crippen LogP contribution in [0.25, 0.3) is 0 Å². The predicted molar refractivity (Wildman–Crippen MR) is 78.8 cm³/mol. The molecule has 1 aromatic carbocycles. The summed E-state index contributed by atoms with van der Waals surface area (Å²) >= 11 is 0. The molecule has 0 saturated carbocycles. The normalized spacial score (nSPS) is 18.2. The molecular weight excluding hydrogens is 237 g/mol. The van der Waals surface area contributed by atoms with Crippen molar-refractivity contribution in [3.05, 3.63) is 35.1 Å². The average Bonchev–Trinajstić information content (AvgIpc) is 2.42. The third-order valence-electron chi connectivity index (χ3n) is 4.41. The van der Waals surface area contributed by atoms with Crippen molar-refractivity contribution in [3.8, 4) is 0 Å². The van der Waals surface area contributed by atoms with Crippen LogP contribution in [0.4, 0.5) is 4.39 Å². The van der Waals surface area contributed by atoms with Crippen LogP contribution in [0.1, 0.15) is 57.1 Å². The van der Waals surface area contributed by atoms with E-state index in [2.05, 4.69) is 25.7 Å². The molecular formula is C17H26FN. The second kappa shape index (κ2) is 6.51. The van der Waals surface area contributed by atoms with Crippen LogP contribution in [0.15, 0.2) is 18.2 Å². The van der Waals surface area contributed by atoms with Gasteiger partial charge in [-0.05, 0) is 49.4 Å². The Morgan fingerprint density at radius 3 is 2.53 bits per heavy atom. The fourth-order valence-electron chi connectivity index (χ4n) is 2.87. The highest BCUT2D eigenvalue weighted by Gasteiger charge is 2.19. The number of hydrogen-bond acceptors (Lipinski definition) is 1. The lowest BCUT2D eigenvalue weighted by molar-refractivity contribution is 0.173. The van der Waals surface area contributed by atoms with E-state index in [0.29, 0.717) is 5.92 Å². The zero-order valence-corrected chi connectivity index (χ0v) is 12.5. The Morgan fingerprint density at radius 2 is 1.95 bits per heavy atom. The molecule has 1 nitrogen and oxygen atoms in total. The summed E-state index contributed by atoms with van der Waals surface area (Å²) in [6.07, 6.45) is 3.81.